The normalized spacial score (nSPS) is 24.5. The van der Waals surface area contributed by atoms with Crippen LogP contribution in [0.2, 0.25) is 0 Å². The third-order valence-corrected chi connectivity index (χ3v) is 5.49. The number of hydrogen-bond acceptors (Lipinski definition) is 4. The number of amides is 1. The van der Waals surface area contributed by atoms with E-state index in [0.717, 1.165) is 6.42 Å². The van der Waals surface area contributed by atoms with E-state index in [9.17, 15) is 13.2 Å². The Morgan fingerprint density at radius 2 is 2.18 bits per heavy atom. The number of nitrogens with one attached hydrogen (secondary N) is 2. The van der Waals surface area contributed by atoms with E-state index in [0.29, 0.717) is 18.9 Å². The van der Waals surface area contributed by atoms with E-state index in [1.165, 1.54) is 0 Å². The molecule has 0 aromatic carbocycles. The fourth-order valence-electron chi connectivity index (χ4n) is 1.79. The molecule has 0 saturated carbocycles. The predicted octanol–water partition coefficient (Wildman–Crippen LogP) is 0.0679. The Hall–Kier alpha value is -0.620. The molecule has 1 aliphatic heterocycles. The van der Waals surface area contributed by atoms with E-state index in [1.54, 1.807) is 0 Å². The highest BCUT2D eigenvalue weighted by atomic mass is 32.2. The molecule has 1 rings (SSSR count). The van der Waals surface area contributed by atoms with Crippen LogP contribution in [0.15, 0.2) is 0 Å². The van der Waals surface area contributed by atoms with Crippen LogP contribution in [0.25, 0.3) is 0 Å². The van der Waals surface area contributed by atoms with Gasteiger partial charge in [-0.05, 0) is 26.2 Å². The minimum Gasteiger partial charge on any atom is -0.354 e. The van der Waals surface area contributed by atoms with Crippen LogP contribution in [-0.4, -0.2) is 44.5 Å². The highest BCUT2D eigenvalue weighted by molar-refractivity contribution is 7.92. The Morgan fingerprint density at radius 1 is 1.47 bits per heavy atom. The van der Waals surface area contributed by atoms with Crippen LogP contribution in [0.5, 0.6) is 0 Å². The first-order valence-corrected chi connectivity index (χ1v) is 7.89. The maximum atomic E-state index is 11.5. The number of carbonyl (C=O) groups is 1. The maximum Gasteiger partial charge on any atom is 0.234 e. The molecule has 0 radical (unpaired) electrons. The zero-order valence-electron chi connectivity index (χ0n) is 10.5. The van der Waals surface area contributed by atoms with E-state index in [2.05, 4.69) is 10.6 Å². The van der Waals surface area contributed by atoms with Gasteiger partial charge in [0.1, 0.15) is 0 Å². The first kappa shape index (κ1) is 14.4. The summed E-state index contributed by atoms with van der Waals surface area (Å²) in [7, 11) is -2.95. The second-order valence-electron chi connectivity index (χ2n) is 4.63. The van der Waals surface area contributed by atoms with Gasteiger partial charge in [-0.25, -0.2) is 8.42 Å². The molecule has 6 heteroatoms. The molecule has 0 aromatic rings. The van der Waals surface area contributed by atoms with Crippen molar-refractivity contribution in [2.75, 3.05) is 18.8 Å². The largest absolute Gasteiger partial charge is 0.354 e. The zero-order valence-corrected chi connectivity index (χ0v) is 11.3. The first-order chi connectivity index (χ1) is 7.95. The van der Waals surface area contributed by atoms with Crippen LogP contribution in [-0.2, 0) is 14.6 Å². The first-order valence-electron chi connectivity index (χ1n) is 6.17. The van der Waals surface area contributed by atoms with Gasteiger partial charge in [0.25, 0.3) is 0 Å². The van der Waals surface area contributed by atoms with Gasteiger partial charge in [0, 0.05) is 12.6 Å². The Bertz CT molecular complexity index is 354. The summed E-state index contributed by atoms with van der Waals surface area (Å²) in [6.45, 7) is 4.56. The van der Waals surface area contributed by atoms with Crippen molar-refractivity contribution >= 4 is 15.7 Å². The van der Waals surface area contributed by atoms with Crippen LogP contribution >= 0.6 is 0 Å². The Kier molecular flexibility index (Phi) is 5.39. The van der Waals surface area contributed by atoms with Crippen LogP contribution in [0, 0.1) is 0 Å². The number of sulfone groups is 1. The third-order valence-electron chi connectivity index (χ3n) is 3.21. The van der Waals surface area contributed by atoms with Crippen molar-refractivity contribution in [2.45, 2.75) is 44.4 Å². The Balaban J connectivity index is 2.24. The molecule has 0 aliphatic carbocycles. The molecule has 17 heavy (non-hydrogen) atoms. The molecule has 1 heterocycles. The summed E-state index contributed by atoms with van der Waals surface area (Å²) in [6, 6.07) is 0.302. The van der Waals surface area contributed by atoms with Crippen molar-refractivity contribution in [3.8, 4) is 0 Å². The summed E-state index contributed by atoms with van der Waals surface area (Å²) in [4.78, 5) is 11.5. The van der Waals surface area contributed by atoms with E-state index in [1.807, 2.05) is 13.8 Å². The monoisotopic (exact) mass is 262 g/mol. The van der Waals surface area contributed by atoms with E-state index in [4.69, 9.17) is 0 Å². The fraction of sp³-hybridized carbons (Fsp3) is 0.909. The summed E-state index contributed by atoms with van der Waals surface area (Å²) in [6.07, 6.45) is 2.35. The minimum absolute atomic E-state index is 0.132. The van der Waals surface area contributed by atoms with Crippen molar-refractivity contribution in [2.24, 2.45) is 0 Å². The van der Waals surface area contributed by atoms with Gasteiger partial charge >= 0.3 is 0 Å². The van der Waals surface area contributed by atoms with Crippen LogP contribution in [0.3, 0.4) is 0 Å². The summed E-state index contributed by atoms with van der Waals surface area (Å²) < 4.78 is 23.0. The highest BCUT2D eigenvalue weighted by Gasteiger charge is 2.31. The average Bonchev–Trinajstić information content (AvgIpc) is 2.62. The van der Waals surface area contributed by atoms with Crippen molar-refractivity contribution in [3.63, 3.8) is 0 Å². The van der Waals surface area contributed by atoms with Crippen molar-refractivity contribution in [1.29, 1.82) is 0 Å². The maximum absolute atomic E-state index is 11.5. The van der Waals surface area contributed by atoms with Gasteiger partial charge < -0.3 is 10.6 Å². The summed E-state index contributed by atoms with van der Waals surface area (Å²) in [5.74, 6) is 0.131. The number of rotatable bonds is 6. The molecule has 0 aromatic heterocycles. The lowest BCUT2D eigenvalue weighted by molar-refractivity contribution is -0.120. The van der Waals surface area contributed by atoms with E-state index < -0.39 is 9.84 Å². The SMILES string of the molecule is CCC(C)NCC(=O)NCC1CCCS1(=O)=O. The number of carbonyl (C=O) groups excluding carboxylic acids is 1. The summed E-state index contributed by atoms with van der Waals surface area (Å²) >= 11 is 0. The van der Waals surface area contributed by atoms with Crippen molar-refractivity contribution < 1.29 is 13.2 Å². The molecule has 1 saturated heterocycles. The molecule has 100 valence electrons. The lowest BCUT2D eigenvalue weighted by Crippen LogP contribution is -2.41. The molecular weight excluding hydrogens is 240 g/mol. The van der Waals surface area contributed by atoms with E-state index >= 15 is 0 Å². The summed E-state index contributed by atoms with van der Waals surface area (Å²) in [5, 5.41) is 5.37. The van der Waals surface area contributed by atoms with E-state index in [-0.39, 0.29) is 30.0 Å². The molecule has 2 N–H and O–H groups in total. The molecule has 2 atom stereocenters. The Morgan fingerprint density at radius 3 is 2.71 bits per heavy atom. The minimum atomic E-state index is -2.95. The lowest BCUT2D eigenvalue weighted by atomic mass is 10.2. The second kappa shape index (κ2) is 6.35. The smallest absolute Gasteiger partial charge is 0.234 e. The van der Waals surface area contributed by atoms with Gasteiger partial charge in [0.05, 0.1) is 17.5 Å². The zero-order chi connectivity index (χ0) is 12.9. The second-order valence-corrected chi connectivity index (χ2v) is 7.03. The number of hydrogen-bond donors (Lipinski definition) is 2. The van der Waals surface area contributed by atoms with Crippen molar-refractivity contribution in [1.82, 2.24) is 10.6 Å². The lowest BCUT2D eigenvalue weighted by Gasteiger charge is -2.13. The molecule has 1 fully saturated rings. The van der Waals surface area contributed by atoms with Crippen LogP contribution in [0.1, 0.15) is 33.1 Å². The highest BCUT2D eigenvalue weighted by Crippen LogP contribution is 2.18. The average molecular weight is 262 g/mol. The van der Waals surface area contributed by atoms with Crippen LogP contribution in [0.4, 0.5) is 0 Å². The summed E-state index contributed by atoms with van der Waals surface area (Å²) in [5.41, 5.74) is 0. The topological polar surface area (TPSA) is 75.3 Å². The molecule has 5 nitrogen and oxygen atoms in total. The molecule has 0 bridgehead atoms. The van der Waals surface area contributed by atoms with Crippen LogP contribution < -0.4 is 10.6 Å². The van der Waals surface area contributed by atoms with Crippen molar-refractivity contribution in [3.05, 3.63) is 0 Å². The quantitative estimate of drug-likeness (QED) is 0.710. The van der Waals surface area contributed by atoms with Gasteiger partial charge in [-0.1, -0.05) is 6.92 Å². The van der Waals surface area contributed by atoms with Gasteiger partial charge in [0.2, 0.25) is 5.91 Å². The fourth-order valence-corrected chi connectivity index (χ4v) is 3.55. The predicted molar refractivity (Wildman–Crippen MR) is 67.6 cm³/mol. The van der Waals surface area contributed by atoms with Gasteiger partial charge in [0.15, 0.2) is 9.84 Å². The van der Waals surface area contributed by atoms with Gasteiger partial charge in [-0.3, -0.25) is 4.79 Å². The molecule has 1 amide bonds. The Labute approximate surface area is 103 Å². The van der Waals surface area contributed by atoms with Gasteiger partial charge in [-0.2, -0.15) is 0 Å². The molecule has 1 aliphatic rings. The standard InChI is InChI=1S/C11H22N2O3S/c1-3-9(2)12-8-11(14)13-7-10-5-4-6-17(10,15)16/h9-10,12H,3-8H2,1-2H3,(H,13,14). The van der Waals surface area contributed by atoms with Gasteiger partial charge in [-0.15, -0.1) is 0 Å². The third kappa shape index (κ3) is 4.63. The molecule has 2 unspecified atom stereocenters. The molecular formula is C11H22N2O3S. The molecule has 0 spiro atoms.